The third-order valence-electron chi connectivity index (χ3n) is 4.25. The van der Waals surface area contributed by atoms with Gasteiger partial charge in [-0.1, -0.05) is 34.0 Å². The lowest BCUT2D eigenvalue weighted by atomic mass is 10.1. The first-order valence-electron chi connectivity index (χ1n) is 9.39. The fourth-order valence-corrected chi connectivity index (χ4v) is 2.96. The van der Waals surface area contributed by atoms with Gasteiger partial charge in [-0.05, 0) is 18.6 Å². The van der Waals surface area contributed by atoms with E-state index in [9.17, 15) is 14.4 Å². The zero-order valence-corrected chi connectivity index (χ0v) is 18.5. The van der Waals surface area contributed by atoms with Gasteiger partial charge >= 0.3 is 6.09 Å². The molecule has 0 saturated heterocycles. The largest absolute Gasteiger partial charge is 0.453 e. The fraction of sp³-hybridized carbons (Fsp3) is 0.333. The van der Waals surface area contributed by atoms with Gasteiger partial charge < -0.3 is 29.9 Å². The zero-order valence-electron chi connectivity index (χ0n) is 16.9. The van der Waals surface area contributed by atoms with Gasteiger partial charge in [0.05, 0.1) is 25.5 Å². The monoisotopic (exact) mass is 490 g/mol. The van der Waals surface area contributed by atoms with Crippen molar-refractivity contribution in [3.05, 3.63) is 40.8 Å². The Kier molecular flexibility index (Phi) is 9.74. The Morgan fingerprint density at radius 2 is 2.06 bits per heavy atom. The van der Waals surface area contributed by atoms with Crippen LogP contribution in [0.5, 0.6) is 0 Å². The Bertz CT molecular complexity index is 923. The van der Waals surface area contributed by atoms with Crippen molar-refractivity contribution >= 4 is 34.2 Å². The minimum absolute atomic E-state index is 0.140. The molecule has 2 amide bonds. The van der Waals surface area contributed by atoms with Crippen LogP contribution in [-0.2, 0) is 19.1 Å². The van der Waals surface area contributed by atoms with Gasteiger partial charge in [0.1, 0.15) is 24.8 Å². The molecule has 0 aliphatic carbocycles. The minimum Gasteiger partial charge on any atom is -0.453 e. The highest BCUT2D eigenvalue weighted by Crippen LogP contribution is 2.23. The fourth-order valence-electron chi connectivity index (χ4n) is 2.69. The number of hydrogen-bond acceptors (Lipinski definition) is 6. The predicted octanol–water partition coefficient (Wildman–Crippen LogP) is 2.35. The molecule has 2 unspecified atom stereocenters. The minimum atomic E-state index is -1.08. The Labute approximate surface area is 188 Å². The van der Waals surface area contributed by atoms with Crippen molar-refractivity contribution in [1.82, 2.24) is 20.6 Å². The summed E-state index contributed by atoms with van der Waals surface area (Å²) in [6.07, 6.45) is 6.82. The number of carbonyl (C=O) groups excluding carboxylic acids is 3. The number of methoxy groups -OCH3 is 1. The first-order chi connectivity index (χ1) is 15.0. The summed E-state index contributed by atoms with van der Waals surface area (Å²) in [4.78, 5) is 42.8. The van der Waals surface area contributed by atoms with Crippen LogP contribution in [0.15, 0.2) is 34.9 Å². The van der Waals surface area contributed by atoms with Crippen molar-refractivity contribution in [2.24, 2.45) is 0 Å². The van der Waals surface area contributed by atoms with Gasteiger partial charge in [-0.2, -0.15) is 0 Å². The van der Waals surface area contributed by atoms with Crippen molar-refractivity contribution < 1.29 is 23.9 Å². The highest BCUT2D eigenvalue weighted by atomic mass is 79.9. The van der Waals surface area contributed by atoms with Crippen molar-refractivity contribution in [2.45, 2.75) is 24.9 Å². The molecule has 164 valence electrons. The number of nitrogens with zero attached hydrogens (tertiary/aromatic N) is 1. The molecule has 0 spiro atoms. The van der Waals surface area contributed by atoms with Crippen LogP contribution >= 0.6 is 15.9 Å². The van der Waals surface area contributed by atoms with Crippen molar-refractivity contribution in [3.8, 4) is 23.6 Å². The van der Waals surface area contributed by atoms with Crippen LogP contribution in [0.25, 0.3) is 11.3 Å². The van der Waals surface area contributed by atoms with Gasteiger partial charge in [0.15, 0.2) is 0 Å². The number of nitrogens with one attached hydrogen (secondary N) is 3. The summed E-state index contributed by atoms with van der Waals surface area (Å²) in [6.45, 7) is 0.410. The maximum absolute atomic E-state index is 12.7. The van der Waals surface area contributed by atoms with Gasteiger partial charge in [-0.3, -0.25) is 4.79 Å². The lowest BCUT2D eigenvalue weighted by Gasteiger charge is -2.21. The molecule has 0 bridgehead atoms. The standard InChI is InChI=1S/C21H23BrN4O5/c1-3-11-31-12-9-16(25-20(28)17(8-10-27)26-21(29)30-2)19-23-13-18(24-19)14-4-6-15(22)7-5-14/h1,4-7,10,13,16-17H,8-9,11-12H2,2H3,(H,23,24)(H,25,28)(H,26,29). The number of aldehydes is 1. The van der Waals surface area contributed by atoms with Crippen LogP contribution in [0.3, 0.4) is 0 Å². The third kappa shape index (κ3) is 7.55. The number of halogens is 1. The van der Waals surface area contributed by atoms with Crippen molar-refractivity contribution in [2.75, 3.05) is 20.3 Å². The van der Waals surface area contributed by atoms with E-state index in [2.05, 4.69) is 47.2 Å². The first kappa shape index (κ1) is 24.1. The van der Waals surface area contributed by atoms with Crippen LogP contribution in [0.2, 0.25) is 0 Å². The summed E-state index contributed by atoms with van der Waals surface area (Å²) < 4.78 is 10.8. The number of amides is 2. The summed E-state index contributed by atoms with van der Waals surface area (Å²) >= 11 is 3.40. The molecule has 10 heteroatoms. The number of rotatable bonds is 11. The van der Waals surface area contributed by atoms with E-state index in [4.69, 9.17) is 11.2 Å². The zero-order chi connectivity index (χ0) is 22.6. The van der Waals surface area contributed by atoms with E-state index in [1.54, 1.807) is 6.20 Å². The maximum atomic E-state index is 12.7. The summed E-state index contributed by atoms with van der Waals surface area (Å²) in [5.74, 6) is 2.32. The molecule has 31 heavy (non-hydrogen) atoms. The molecule has 2 atom stereocenters. The van der Waals surface area contributed by atoms with Crippen molar-refractivity contribution in [1.29, 1.82) is 0 Å². The van der Waals surface area contributed by atoms with Crippen LogP contribution in [0.1, 0.15) is 24.7 Å². The number of hydrogen-bond donors (Lipinski definition) is 3. The molecule has 9 nitrogen and oxygen atoms in total. The molecule has 3 N–H and O–H groups in total. The number of benzene rings is 1. The molecular formula is C21H23BrN4O5. The van der Waals surface area contributed by atoms with Crippen LogP contribution < -0.4 is 10.6 Å². The molecule has 0 aliphatic heterocycles. The van der Waals surface area contributed by atoms with E-state index in [1.165, 1.54) is 7.11 Å². The second-order valence-electron chi connectivity index (χ2n) is 6.38. The molecule has 0 saturated carbocycles. The summed E-state index contributed by atoms with van der Waals surface area (Å²) in [6, 6.07) is 5.98. The SMILES string of the molecule is C#CCOCCC(NC(=O)C(CC=O)NC(=O)OC)c1nc(-c2ccc(Br)cc2)c[nH]1. The highest BCUT2D eigenvalue weighted by Gasteiger charge is 2.25. The van der Waals surface area contributed by atoms with E-state index in [-0.39, 0.29) is 19.6 Å². The quantitative estimate of drug-likeness (QED) is 0.252. The van der Waals surface area contributed by atoms with E-state index >= 15 is 0 Å². The lowest BCUT2D eigenvalue weighted by Crippen LogP contribution is -2.48. The summed E-state index contributed by atoms with van der Waals surface area (Å²) in [5, 5.41) is 5.14. The average molecular weight is 491 g/mol. The van der Waals surface area contributed by atoms with Gasteiger partial charge in [-0.15, -0.1) is 6.42 Å². The van der Waals surface area contributed by atoms with E-state index in [0.29, 0.717) is 24.2 Å². The van der Waals surface area contributed by atoms with Gasteiger partial charge in [-0.25, -0.2) is 9.78 Å². The van der Waals surface area contributed by atoms with E-state index < -0.39 is 24.1 Å². The first-order valence-corrected chi connectivity index (χ1v) is 10.2. The number of terminal acetylenes is 1. The molecule has 0 fully saturated rings. The number of aromatic amines is 1. The molecule has 0 radical (unpaired) electrons. The van der Waals surface area contributed by atoms with Gasteiger partial charge in [0, 0.05) is 22.7 Å². The average Bonchev–Trinajstić information content (AvgIpc) is 3.26. The summed E-state index contributed by atoms with van der Waals surface area (Å²) in [5.41, 5.74) is 1.59. The Hall–Kier alpha value is -3.16. The normalized spacial score (nSPS) is 12.3. The van der Waals surface area contributed by atoms with Gasteiger partial charge in [0.25, 0.3) is 0 Å². The molecule has 1 aromatic carbocycles. The van der Waals surface area contributed by atoms with Crippen molar-refractivity contribution in [3.63, 3.8) is 0 Å². The molecule has 1 heterocycles. The smallest absolute Gasteiger partial charge is 0.407 e. The second-order valence-corrected chi connectivity index (χ2v) is 7.29. The second kappa shape index (κ2) is 12.5. The van der Waals surface area contributed by atoms with E-state index in [0.717, 1.165) is 10.0 Å². The lowest BCUT2D eigenvalue weighted by molar-refractivity contribution is -0.125. The predicted molar refractivity (Wildman–Crippen MR) is 117 cm³/mol. The highest BCUT2D eigenvalue weighted by molar-refractivity contribution is 9.10. The number of H-pyrrole nitrogens is 1. The molecule has 1 aromatic heterocycles. The Balaban J connectivity index is 2.18. The number of ether oxygens (including phenoxy) is 2. The van der Waals surface area contributed by atoms with Crippen LogP contribution in [-0.4, -0.2) is 54.6 Å². The molecular weight excluding hydrogens is 468 g/mol. The Morgan fingerprint density at radius 3 is 2.71 bits per heavy atom. The summed E-state index contributed by atoms with van der Waals surface area (Å²) in [7, 11) is 1.17. The molecule has 2 aromatic rings. The maximum Gasteiger partial charge on any atom is 0.407 e. The molecule has 0 aliphatic rings. The van der Waals surface area contributed by atoms with Crippen LogP contribution in [0, 0.1) is 12.3 Å². The van der Waals surface area contributed by atoms with Crippen LogP contribution in [0.4, 0.5) is 4.79 Å². The topological polar surface area (TPSA) is 122 Å². The number of carbonyl (C=O) groups is 3. The number of imidazole rings is 1. The third-order valence-corrected chi connectivity index (χ3v) is 4.78. The number of alkyl carbamates (subject to hydrolysis) is 1. The molecule has 2 rings (SSSR count). The van der Waals surface area contributed by atoms with Gasteiger partial charge in [0.2, 0.25) is 5.91 Å². The Morgan fingerprint density at radius 1 is 1.32 bits per heavy atom. The van der Waals surface area contributed by atoms with E-state index in [1.807, 2.05) is 24.3 Å². The number of aromatic nitrogens is 2.